The van der Waals surface area contributed by atoms with Gasteiger partial charge in [-0.05, 0) is 65.8 Å². The van der Waals surface area contributed by atoms with E-state index in [1.54, 1.807) is 19.2 Å². The summed E-state index contributed by atoms with van der Waals surface area (Å²) in [5.74, 6) is 0.886. The number of carbonyl (C=O) groups is 1. The fraction of sp³-hybridized carbons (Fsp3) is 0.235. The summed E-state index contributed by atoms with van der Waals surface area (Å²) in [5, 5.41) is 0. The van der Waals surface area contributed by atoms with Crippen molar-refractivity contribution in [3.63, 3.8) is 0 Å². The van der Waals surface area contributed by atoms with Crippen molar-refractivity contribution in [1.29, 1.82) is 0 Å². The highest BCUT2D eigenvalue weighted by Crippen LogP contribution is 2.46. The van der Waals surface area contributed by atoms with Crippen molar-refractivity contribution in [3.8, 4) is 16.9 Å². The van der Waals surface area contributed by atoms with Crippen LogP contribution in [0.3, 0.4) is 0 Å². The summed E-state index contributed by atoms with van der Waals surface area (Å²) in [6.07, 6.45) is 3.03. The number of aldehydes is 1. The lowest BCUT2D eigenvalue weighted by molar-refractivity contribution is 0.112. The van der Waals surface area contributed by atoms with Gasteiger partial charge in [-0.1, -0.05) is 15.9 Å². The number of hydrogen-bond acceptors (Lipinski definition) is 2. The van der Waals surface area contributed by atoms with Crippen molar-refractivity contribution in [2.24, 2.45) is 0 Å². The van der Waals surface area contributed by atoms with Crippen LogP contribution in [0.1, 0.15) is 34.7 Å². The Kier molecular flexibility index (Phi) is 3.81. The maximum absolute atomic E-state index is 13.6. The maximum atomic E-state index is 13.6. The fourth-order valence-electron chi connectivity index (χ4n) is 2.54. The second-order valence-corrected chi connectivity index (χ2v) is 6.05. The van der Waals surface area contributed by atoms with E-state index in [2.05, 4.69) is 15.9 Å². The number of halogens is 2. The zero-order chi connectivity index (χ0) is 15.0. The van der Waals surface area contributed by atoms with Gasteiger partial charge >= 0.3 is 0 Å². The van der Waals surface area contributed by atoms with Crippen LogP contribution in [0, 0.1) is 5.82 Å². The Labute approximate surface area is 131 Å². The highest BCUT2D eigenvalue weighted by Gasteiger charge is 2.28. The van der Waals surface area contributed by atoms with E-state index < -0.39 is 0 Å². The molecule has 1 aliphatic carbocycles. The van der Waals surface area contributed by atoms with E-state index in [9.17, 15) is 9.18 Å². The molecule has 0 heterocycles. The molecule has 0 aliphatic heterocycles. The van der Waals surface area contributed by atoms with Crippen LogP contribution in [0.5, 0.6) is 5.75 Å². The highest BCUT2D eigenvalue weighted by molar-refractivity contribution is 9.10. The normalized spacial score (nSPS) is 14.0. The van der Waals surface area contributed by atoms with E-state index in [-0.39, 0.29) is 5.82 Å². The van der Waals surface area contributed by atoms with Gasteiger partial charge in [0, 0.05) is 10.0 Å². The minimum absolute atomic E-state index is 0.325. The van der Waals surface area contributed by atoms with E-state index in [1.807, 2.05) is 6.07 Å². The van der Waals surface area contributed by atoms with Crippen molar-refractivity contribution in [1.82, 2.24) is 0 Å². The molecule has 2 nitrogen and oxygen atoms in total. The lowest BCUT2D eigenvalue weighted by atomic mass is 9.95. The Morgan fingerprint density at radius 1 is 1.24 bits per heavy atom. The molecular formula is C17H14BrFO2. The molecule has 4 heteroatoms. The zero-order valence-corrected chi connectivity index (χ0v) is 13.1. The minimum atomic E-state index is -0.325. The van der Waals surface area contributed by atoms with Crippen molar-refractivity contribution < 1.29 is 13.9 Å². The number of ether oxygens (including phenoxy) is 1. The Hall–Kier alpha value is -1.68. The molecule has 0 spiro atoms. The molecule has 1 fully saturated rings. The topological polar surface area (TPSA) is 26.3 Å². The molecular weight excluding hydrogens is 335 g/mol. The molecule has 0 amide bonds. The molecule has 0 bridgehead atoms. The zero-order valence-electron chi connectivity index (χ0n) is 11.5. The van der Waals surface area contributed by atoms with Crippen molar-refractivity contribution in [3.05, 3.63) is 51.7 Å². The van der Waals surface area contributed by atoms with Crippen LogP contribution in [-0.2, 0) is 0 Å². The van der Waals surface area contributed by atoms with Gasteiger partial charge in [0.1, 0.15) is 11.6 Å². The summed E-state index contributed by atoms with van der Waals surface area (Å²) < 4.78 is 19.7. The molecule has 3 rings (SSSR count). The predicted octanol–water partition coefficient (Wildman–Crippen LogP) is 4.95. The van der Waals surface area contributed by atoms with Gasteiger partial charge in [0.15, 0.2) is 6.29 Å². The fourth-order valence-corrected chi connectivity index (χ4v) is 3.00. The van der Waals surface area contributed by atoms with Gasteiger partial charge in [-0.15, -0.1) is 0 Å². The first-order valence-electron chi connectivity index (χ1n) is 6.76. The maximum Gasteiger partial charge on any atom is 0.150 e. The molecule has 2 aromatic carbocycles. The number of benzene rings is 2. The minimum Gasteiger partial charge on any atom is -0.496 e. The summed E-state index contributed by atoms with van der Waals surface area (Å²) in [6.45, 7) is 0. The van der Waals surface area contributed by atoms with Crippen LogP contribution in [-0.4, -0.2) is 13.4 Å². The number of rotatable bonds is 4. The van der Waals surface area contributed by atoms with E-state index in [0.717, 1.165) is 40.5 Å². The third-order valence-electron chi connectivity index (χ3n) is 3.76. The van der Waals surface area contributed by atoms with Crippen molar-refractivity contribution in [2.45, 2.75) is 18.8 Å². The Balaban J connectivity index is 2.23. The van der Waals surface area contributed by atoms with Gasteiger partial charge in [-0.2, -0.15) is 0 Å². The average molecular weight is 349 g/mol. The van der Waals surface area contributed by atoms with Gasteiger partial charge in [0.25, 0.3) is 0 Å². The first-order valence-corrected chi connectivity index (χ1v) is 7.56. The number of methoxy groups -OCH3 is 1. The molecule has 21 heavy (non-hydrogen) atoms. The third-order valence-corrected chi connectivity index (χ3v) is 4.46. The predicted molar refractivity (Wildman–Crippen MR) is 83.5 cm³/mol. The van der Waals surface area contributed by atoms with Gasteiger partial charge in [-0.25, -0.2) is 4.39 Å². The Morgan fingerprint density at radius 2 is 2.00 bits per heavy atom. The second-order valence-electron chi connectivity index (χ2n) is 5.20. The van der Waals surface area contributed by atoms with Crippen molar-refractivity contribution >= 4 is 22.2 Å². The summed E-state index contributed by atoms with van der Waals surface area (Å²) >= 11 is 3.43. The van der Waals surface area contributed by atoms with Crippen LogP contribution in [0.25, 0.3) is 11.1 Å². The molecule has 0 aromatic heterocycles. The first-order chi connectivity index (χ1) is 10.1. The van der Waals surface area contributed by atoms with Gasteiger partial charge in [-0.3, -0.25) is 4.79 Å². The van der Waals surface area contributed by atoms with E-state index >= 15 is 0 Å². The van der Waals surface area contributed by atoms with Crippen LogP contribution in [0.4, 0.5) is 4.39 Å². The van der Waals surface area contributed by atoms with Gasteiger partial charge < -0.3 is 4.74 Å². The van der Waals surface area contributed by atoms with Crippen molar-refractivity contribution in [2.75, 3.05) is 7.11 Å². The Bertz CT molecular complexity index is 708. The smallest absolute Gasteiger partial charge is 0.150 e. The molecule has 0 unspecified atom stereocenters. The van der Waals surface area contributed by atoms with Crippen LogP contribution in [0.2, 0.25) is 0 Å². The van der Waals surface area contributed by atoms with Crippen LogP contribution in [0.15, 0.2) is 34.8 Å². The summed E-state index contributed by atoms with van der Waals surface area (Å²) in [5.41, 5.74) is 3.01. The van der Waals surface area contributed by atoms with Crippen LogP contribution < -0.4 is 4.74 Å². The third kappa shape index (κ3) is 2.72. The van der Waals surface area contributed by atoms with E-state index in [0.29, 0.717) is 17.0 Å². The standard InChI is InChI=1S/C17H14BrFO2/c1-21-17-6-11(9-20)13(8-14(17)10-2-3-10)15-7-12(19)4-5-16(15)18/h4-10H,2-3H2,1H3. The monoisotopic (exact) mass is 348 g/mol. The average Bonchev–Trinajstić information content (AvgIpc) is 3.33. The van der Waals surface area contributed by atoms with E-state index in [1.165, 1.54) is 12.1 Å². The second kappa shape index (κ2) is 5.60. The first kappa shape index (κ1) is 14.3. The largest absolute Gasteiger partial charge is 0.496 e. The molecule has 0 radical (unpaired) electrons. The lowest BCUT2D eigenvalue weighted by Crippen LogP contribution is -1.97. The Morgan fingerprint density at radius 3 is 2.62 bits per heavy atom. The lowest BCUT2D eigenvalue weighted by Gasteiger charge is -2.14. The quantitative estimate of drug-likeness (QED) is 0.730. The van der Waals surface area contributed by atoms with Gasteiger partial charge in [0.2, 0.25) is 0 Å². The number of hydrogen-bond donors (Lipinski definition) is 0. The molecule has 1 saturated carbocycles. The van der Waals surface area contributed by atoms with Crippen LogP contribution >= 0.6 is 15.9 Å². The summed E-state index contributed by atoms with van der Waals surface area (Å²) in [4.78, 5) is 11.4. The summed E-state index contributed by atoms with van der Waals surface area (Å²) in [6, 6.07) is 8.18. The molecule has 2 aromatic rings. The molecule has 108 valence electrons. The highest BCUT2D eigenvalue weighted by atomic mass is 79.9. The molecule has 1 aliphatic rings. The SMILES string of the molecule is COc1cc(C=O)c(-c2cc(F)ccc2Br)cc1C1CC1. The van der Waals surface area contributed by atoms with E-state index in [4.69, 9.17) is 4.74 Å². The molecule has 0 atom stereocenters. The van der Waals surface area contributed by atoms with Gasteiger partial charge in [0.05, 0.1) is 7.11 Å². The molecule has 0 N–H and O–H groups in total. The summed E-state index contributed by atoms with van der Waals surface area (Å²) in [7, 11) is 1.60. The molecule has 0 saturated heterocycles. The number of carbonyl (C=O) groups excluding carboxylic acids is 1.